The van der Waals surface area contributed by atoms with Gasteiger partial charge in [-0.3, -0.25) is 10.1 Å². The molecular weight excluding hydrogens is 378 g/mol. The van der Waals surface area contributed by atoms with Crippen molar-refractivity contribution in [1.82, 2.24) is 9.62 Å². The summed E-state index contributed by atoms with van der Waals surface area (Å²) in [5.41, 5.74) is 0.562. The van der Waals surface area contributed by atoms with Crippen LogP contribution in [0.25, 0.3) is 0 Å². The number of furan rings is 1. The maximum absolute atomic E-state index is 12.8. The van der Waals surface area contributed by atoms with Crippen molar-refractivity contribution >= 4 is 21.6 Å². The van der Waals surface area contributed by atoms with Gasteiger partial charge in [-0.05, 0) is 56.2 Å². The number of carbonyl (C=O) groups excluding carboxylic acids is 1. The summed E-state index contributed by atoms with van der Waals surface area (Å²) in [6, 6.07) is 9.91. The number of hydrogen-bond donors (Lipinski definition) is 2. The van der Waals surface area contributed by atoms with E-state index in [9.17, 15) is 13.2 Å². The third-order valence-corrected chi connectivity index (χ3v) is 6.79. The summed E-state index contributed by atoms with van der Waals surface area (Å²) < 4.78 is 32.4. The van der Waals surface area contributed by atoms with Gasteiger partial charge in [-0.1, -0.05) is 12.8 Å². The smallest absolute Gasteiger partial charge is 0.243 e. The van der Waals surface area contributed by atoms with E-state index in [1.807, 2.05) is 13.0 Å². The molecule has 0 saturated carbocycles. The molecule has 1 aliphatic rings. The molecule has 1 atom stereocenters. The van der Waals surface area contributed by atoms with Crippen LogP contribution < -0.4 is 10.6 Å². The van der Waals surface area contributed by atoms with Gasteiger partial charge in [-0.25, -0.2) is 8.42 Å². The Morgan fingerprint density at radius 2 is 1.79 bits per heavy atom. The molecule has 1 aliphatic heterocycles. The first kappa shape index (κ1) is 20.6. The lowest BCUT2D eigenvalue weighted by atomic mass is 10.2. The first-order valence-electron chi connectivity index (χ1n) is 9.63. The number of hydrogen-bond acceptors (Lipinski definition) is 5. The summed E-state index contributed by atoms with van der Waals surface area (Å²) in [6.07, 6.45) is 5.54. The van der Waals surface area contributed by atoms with Gasteiger partial charge in [0.05, 0.1) is 23.7 Å². The van der Waals surface area contributed by atoms with Crippen molar-refractivity contribution in [3.63, 3.8) is 0 Å². The number of amides is 1. The zero-order valence-electron chi connectivity index (χ0n) is 16.1. The minimum atomic E-state index is -3.48. The van der Waals surface area contributed by atoms with Crippen molar-refractivity contribution in [3.05, 3.63) is 48.4 Å². The largest absolute Gasteiger partial charge is 0.468 e. The Morgan fingerprint density at radius 3 is 2.39 bits per heavy atom. The van der Waals surface area contributed by atoms with E-state index < -0.39 is 10.0 Å². The van der Waals surface area contributed by atoms with Gasteiger partial charge in [0.2, 0.25) is 15.9 Å². The summed E-state index contributed by atoms with van der Waals surface area (Å²) in [7, 11) is -3.48. The lowest BCUT2D eigenvalue weighted by Crippen LogP contribution is -2.32. The summed E-state index contributed by atoms with van der Waals surface area (Å²) in [6.45, 7) is 3.17. The van der Waals surface area contributed by atoms with Crippen molar-refractivity contribution < 1.29 is 17.6 Å². The van der Waals surface area contributed by atoms with Gasteiger partial charge in [0.25, 0.3) is 0 Å². The number of carbonyl (C=O) groups is 1. The lowest BCUT2D eigenvalue weighted by molar-refractivity contribution is -0.115. The fraction of sp³-hybridized carbons (Fsp3) is 0.450. The molecule has 2 heterocycles. The minimum absolute atomic E-state index is 0.0816. The lowest BCUT2D eigenvalue weighted by Gasteiger charge is -2.20. The van der Waals surface area contributed by atoms with Crippen LogP contribution in [-0.4, -0.2) is 38.3 Å². The molecule has 28 heavy (non-hydrogen) atoms. The zero-order chi connectivity index (χ0) is 20.0. The average Bonchev–Trinajstić information content (AvgIpc) is 3.08. The van der Waals surface area contributed by atoms with E-state index in [0.29, 0.717) is 18.8 Å². The van der Waals surface area contributed by atoms with Gasteiger partial charge < -0.3 is 9.73 Å². The Morgan fingerprint density at radius 1 is 1.11 bits per heavy atom. The average molecular weight is 406 g/mol. The Balaban J connectivity index is 1.55. The second-order valence-electron chi connectivity index (χ2n) is 7.01. The summed E-state index contributed by atoms with van der Waals surface area (Å²) in [4.78, 5) is 12.4. The maximum atomic E-state index is 12.8. The van der Waals surface area contributed by atoms with E-state index in [4.69, 9.17) is 4.42 Å². The molecule has 0 spiro atoms. The predicted octanol–water partition coefficient (Wildman–Crippen LogP) is 3.13. The molecule has 2 aromatic rings. The van der Waals surface area contributed by atoms with Crippen LogP contribution in [0.1, 0.15) is 44.4 Å². The van der Waals surface area contributed by atoms with Crippen molar-refractivity contribution in [2.45, 2.75) is 43.5 Å². The van der Waals surface area contributed by atoms with Crippen molar-refractivity contribution in [2.75, 3.05) is 25.0 Å². The molecule has 152 valence electrons. The third kappa shape index (κ3) is 5.21. The standard InChI is InChI=1S/C20H27N3O4S/c1-16(19-7-6-14-27-19)21-15-20(24)22-17-8-10-18(11-9-17)28(25,26)23-12-4-2-3-5-13-23/h6-11,14,16,21H,2-5,12-13,15H2,1H3,(H,22,24)/t16-/m0/s1. The summed E-state index contributed by atoms with van der Waals surface area (Å²) >= 11 is 0. The van der Waals surface area contributed by atoms with Crippen LogP contribution in [-0.2, 0) is 14.8 Å². The molecule has 2 N–H and O–H groups in total. The van der Waals surface area contributed by atoms with Gasteiger partial charge in [-0.15, -0.1) is 0 Å². The van der Waals surface area contributed by atoms with E-state index >= 15 is 0 Å². The summed E-state index contributed by atoms with van der Waals surface area (Å²) in [5, 5.41) is 5.85. The highest BCUT2D eigenvalue weighted by atomic mass is 32.2. The number of rotatable bonds is 7. The number of benzene rings is 1. The number of nitrogens with zero attached hydrogens (tertiary/aromatic N) is 1. The number of anilines is 1. The Bertz CT molecular complexity index is 855. The van der Waals surface area contributed by atoms with Gasteiger partial charge in [0, 0.05) is 18.8 Å². The number of sulfonamides is 1. The Labute approximate surface area is 166 Å². The maximum Gasteiger partial charge on any atom is 0.243 e. The molecule has 0 radical (unpaired) electrons. The fourth-order valence-corrected chi connectivity index (χ4v) is 4.75. The van der Waals surface area contributed by atoms with Gasteiger partial charge in [-0.2, -0.15) is 4.31 Å². The van der Waals surface area contributed by atoms with E-state index in [0.717, 1.165) is 31.4 Å². The Kier molecular flexibility index (Phi) is 6.88. The van der Waals surface area contributed by atoms with E-state index in [2.05, 4.69) is 10.6 Å². The van der Waals surface area contributed by atoms with Gasteiger partial charge >= 0.3 is 0 Å². The highest BCUT2D eigenvalue weighted by Gasteiger charge is 2.25. The molecule has 0 aliphatic carbocycles. The predicted molar refractivity (Wildman–Crippen MR) is 107 cm³/mol. The minimum Gasteiger partial charge on any atom is -0.468 e. The highest BCUT2D eigenvalue weighted by molar-refractivity contribution is 7.89. The topological polar surface area (TPSA) is 91.7 Å². The molecule has 8 heteroatoms. The van der Waals surface area contributed by atoms with Crippen LogP contribution in [0.5, 0.6) is 0 Å². The van der Waals surface area contributed by atoms with Crippen LogP contribution >= 0.6 is 0 Å². The molecule has 1 saturated heterocycles. The Hall–Kier alpha value is -2.16. The molecule has 3 rings (SSSR count). The van der Waals surface area contributed by atoms with Crippen LogP contribution in [0.15, 0.2) is 52.0 Å². The van der Waals surface area contributed by atoms with Gasteiger partial charge in [0.1, 0.15) is 5.76 Å². The SMILES string of the molecule is C[C@H](NCC(=O)Nc1ccc(S(=O)(=O)N2CCCCCC2)cc1)c1ccco1. The van der Waals surface area contributed by atoms with Crippen LogP contribution in [0, 0.1) is 0 Å². The van der Waals surface area contributed by atoms with E-state index in [-0.39, 0.29) is 23.4 Å². The van der Waals surface area contributed by atoms with Crippen molar-refractivity contribution in [1.29, 1.82) is 0 Å². The quantitative estimate of drug-likeness (QED) is 0.738. The van der Waals surface area contributed by atoms with Crippen LogP contribution in [0.2, 0.25) is 0 Å². The second kappa shape index (κ2) is 9.36. The highest BCUT2D eigenvalue weighted by Crippen LogP contribution is 2.21. The summed E-state index contributed by atoms with van der Waals surface area (Å²) in [5.74, 6) is 0.553. The molecule has 1 amide bonds. The fourth-order valence-electron chi connectivity index (χ4n) is 3.23. The monoisotopic (exact) mass is 405 g/mol. The molecule has 1 aromatic heterocycles. The molecule has 7 nitrogen and oxygen atoms in total. The zero-order valence-corrected chi connectivity index (χ0v) is 16.9. The molecular formula is C20H27N3O4S. The van der Waals surface area contributed by atoms with Crippen molar-refractivity contribution in [3.8, 4) is 0 Å². The first-order chi connectivity index (χ1) is 13.5. The van der Waals surface area contributed by atoms with E-state index in [1.54, 1.807) is 40.9 Å². The third-order valence-electron chi connectivity index (χ3n) is 4.88. The number of nitrogens with one attached hydrogen (secondary N) is 2. The van der Waals surface area contributed by atoms with Crippen LogP contribution in [0.3, 0.4) is 0 Å². The second-order valence-corrected chi connectivity index (χ2v) is 8.95. The molecule has 0 unspecified atom stereocenters. The molecule has 0 bridgehead atoms. The molecule has 1 fully saturated rings. The first-order valence-corrected chi connectivity index (χ1v) is 11.1. The molecule has 1 aromatic carbocycles. The van der Waals surface area contributed by atoms with E-state index in [1.165, 1.54) is 0 Å². The van der Waals surface area contributed by atoms with Crippen LogP contribution in [0.4, 0.5) is 5.69 Å². The normalized spacial score (nSPS) is 17.0. The van der Waals surface area contributed by atoms with Crippen molar-refractivity contribution in [2.24, 2.45) is 0 Å². The van der Waals surface area contributed by atoms with Gasteiger partial charge in [0.15, 0.2) is 0 Å².